The Labute approximate surface area is 120 Å². The van der Waals surface area contributed by atoms with Crippen LogP contribution in [-0.4, -0.2) is 42.9 Å². The SMILES string of the molecule is O=C1CN(C(=O)CCOCC(F)F)Cc2ccccc2N1. The zero-order valence-corrected chi connectivity index (χ0v) is 11.4. The van der Waals surface area contributed by atoms with Crippen LogP contribution in [0.1, 0.15) is 12.0 Å². The van der Waals surface area contributed by atoms with Crippen molar-refractivity contribution in [2.75, 3.05) is 25.1 Å². The van der Waals surface area contributed by atoms with E-state index in [9.17, 15) is 18.4 Å². The molecule has 1 aromatic carbocycles. The van der Waals surface area contributed by atoms with Gasteiger partial charge in [0.15, 0.2) is 0 Å². The molecule has 1 aliphatic rings. The fraction of sp³-hybridized carbons (Fsp3) is 0.429. The standard InChI is InChI=1S/C14H16F2N2O3/c15-12(16)9-21-6-5-14(20)18-7-10-3-1-2-4-11(10)17-13(19)8-18/h1-4,12H,5-9H2,(H,17,19). The van der Waals surface area contributed by atoms with Crippen LogP contribution < -0.4 is 5.32 Å². The Morgan fingerprint density at radius 2 is 2.10 bits per heavy atom. The molecule has 2 rings (SSSR count). The van der Waals surface area contributed by atoms with E-state index >= 15 is 0 Å². The summed E-state index contributed by atoms with van der Waals surface area (Å²) in [5, 5.41) is 2.73. The van der Waals surface area contributed by atoms with Gasteiger partial charge in [-0.2, -0.15) is 0 Å². The van der Waals surface area contributed by atoms with Crippen molar-refractivity contribution in [2.45, 2.75) is 19.4 Å². The fourth-order valence-corrected chi connectivity index (χ4v) is 2.07. The van der Waals surface area contributed by atoms with Crippen LogP contribution in [0.25, 0.3) is 0 Å². The molecule has 0 bridgehead atoms. The molecule has 1 aliphatic heterocycles. The number of benzene rings is 1. The zero-order chi connectivity index (χ0) is 15.2. The molecule has 0 unspecified atom stereocenters. The first-order valence-electron chi connectivity index (χ1n) is 6.57. The summed E-state index contributed by atoms with van der Waals surface area (Å²) in [4.78, 5) is 25.2. The van der Waals surface area contributed by atoms with Gasteiger partial charge in [-0.05, 0) is 11.6 Å². The number of amides is 2. The number of nitrogens with one attached hydrogen (secondary N) is 1. The van der Waals surface area contributed by atoms with E-state index in [1.807, 2.05) is 12.1 Å². The van der Waals surface area contributed by atoms with Crippen LogP contribution in [0.2, 0.25) is 0 Å². The number of nitrogens with zero attached hydrogens (tertiary/aromatic N) is 1. The molecule has 0 fully saturated rings. The summed E-state index contributed by atoms with van der Waals surface area (Å²) in [6.45, 7) is -0.509. The van der Waals surface area contributed by atoms with Crippen molar-refractivity contribution in [1.29, 1.82) is 0 Å². The average molecular weight is 298 g/mol. The number of hydrogen-bond acceptors (Lipinski definition) is 3. The number of halogens is 2. The fourth-order valence-electron chi connectivity index (χ4n) is 2.07. The molecular weight excluding hydrogens is 282 g/mol. The summed E-state index contributed by atoms with van der Waals surface area (Å²) < 4.78 is 28.5. The maximum atomic E-state index is 12.0. The predicted octanol–water partition coefficient (Wildman–Crippen LogP) is 1.64. The minimum atomic E-state index is -2.55. The quantitative estimate of drug-likeness (QED) is 0.841. The smallest absolute Gasteiger partial charge is 0.261 e. The van der Waals surface area contributed by atoms with Crippen molar-refractivity contribution < 1.29 is 23.1 Å². The Hall–Kier alpha value is -2.02. The van der Waals surface area contributed by atoms with Gasteiger partial charge in [-0.15, -0.1) is 0 Å². The molecule has 1 aromatic rings. The predicted molar refractivity (Wildman–Crippen MR) is 71.9 cm³/mol. The maximum absolute atomic E-state index is 12.0. The second-order valence-electron chi connectivity index (χ2n) is 4.67. The topological polar surface area (TPSA) is 58.6 Å². The summed E-state index contributed by atoms with van der Waals surface area (Å²) in [6, 6.07) is 7.22. The second-order valence-corrected chi connectivity index (χ2v) is 4.67. The Bertz CT molecular complexity index is 523. The first kappa shape index (κ1) is 15.4. The molecular formula is C14H16F2N2O3. The first-order valence-corrected chi connectivity index (χ1v) is 6.57. The van der Waals surface area contributed by atoms with E-state index < -0.39 is 13.0 Å². The molecule has 0 saturated carbocycles. The van der Waals surface area contributed by atoms with E-state index in [-0.39, 0.29) is 31.4 Å². The highest BCUT2D eigenvalue weighted by Crippen LogP contribution is 2.20. The van der Waals surface area contributed by atoms with Crippen LogP contribution in [0.4, 0.5) is 14.5 Å². The third-order valence-electron chi connectivity index (χ3n) is 3.04. The van der Waals surface area contributed by atoms with Gasteiger partial charge < -0.3 is 15.0 Å². The number of rotatable bonds is 5. The normalized spacial score (nSPS) is 14.6. The highest BCUT2D eigenvalue weighted by molar-refractivity contribution is 5.96. The number of fused-ring (bicyclic) bond motifs is 1. The van der Waals surface area contributed by atoms with E-state index in [0.29, 0.717) is 12.2 Å². The lowest BCUT2D eigenvalue weighted by Crippen LogP contribution is -2.35. The Balaban J connectivity index is 1.93. The van der Waals surface area contributed by atoms with E-state index in [2.05, 4.69) is 10.1 Å². The van der Waals surface area contributed by atoms with Crippen LogP contribution >= 0.6 is 0 Å². The third-order valence-corrected chi connectivity index (χ3v) is 3.04. The van der Waals surface area contributed by atoms with Gasteiger partial charge in [-0.1, -0.05) is 18.2 Å². The van der Waals surface area contributed by atoms with E-state index in [1.54, 1.807) is 12.1 Å². The van der Waals surface area contributed by atoms with Crippen molar-refractivity contribution in [1.82, 2.24) is 4.90 Å². The Morgan fingerprint density at radius 3 is 2.86 bits per heavy atom. The largest absolute Gasteiger partial charge is 0.375 e. The number of hydrogen-bond donors (Lipinski definition) is 1. The molecule has 114 valence electrons. The molecule has 1 N–H and O–H groups in total. The van der Waals surface area contributed by atoms with Gasteiger partial charge in [0.2, 0.25) is 11.8 Å². The molecule has 0 saturated heterocycles. The molecule has 0 aromatic heterocycles. The summed E-state index contributed by atoms with van der Waals surface area (Å²) >= 11 is 0. The lowest BCUT2D eigenvalue weighted by molar-refractivity contribution is -0.136. The Morgan fingerprint density at radius 1 is 1.33 bits per heavy atom. The van der Waals surface area contributed by atoms with Crippen molar-refractivity contribution in [2.24, 2.45) is 0 Å². The van der Waals surface area contributed by atoms with Gasteiger partial charge in [0.1, 0.15) is 13.2 Å². The van der Waals surface area contributed by atoms with Crippen LogP contribution in [0, 0.1) is 0 Å². The van der Waals surface area contributed by atoms with Gasteiger partial charge >= 0.3 is 0 Å². The van der Waals surface area contributed by atoms with E-state index in [0.717, 1.165) is 5.56 Å². The molecule has 1 heterocycles. The molecule has 5 nitrogen and oxygen atoms in total. The number of alkyl halides is 2. The van der Waals surface area contributed by atoms with Crippen LogP contribution in [0.15, 0.2) is 24.3 Å². The molecule has 2 amide bonds. The average Bonchev–Trinajstić information content (AvgIpc) is 2.61. The molecule has 0 radical (unpaired) electrons. The van der Waals surface area contributed by atoms with Crippen LogP contribution in [0.3, 0.4) is 0 Å². The van der Waals surface area contributed by atoms with Gasteiger partial charge in [-0.25, -0.2) is 8.78 Å². The van der Waals surface area contributed by atoms with Crippen molar-refractivity contribution >= 4 is 17.5 Å². The number of carbonyl (C=O) groups is 2. The lowest BCUT2D eigenvalue weighted by atomic mass is 10.1. The minimum Gasteiger partial charge on any atom is -0.375 e. The lowest BCUT2D eigenvalue weighted by Gasteiger charge is -2.19. The van der Waals surface area contributed by atoms with Gasteiger partial charge in [0.25, 0.3) is 6.43 Å². The second kappa shape index (κ2) is 7.12. The summed E-state index contributed by atoms with van der Waals surface area (Å²) in [6.07, 6.45) is -2.57. The van der Waals surface area contributed by atoms with Crippen LogP contribution in [-0.2, 0) is 20.9 Å². The molecule has 21 heavy (non-hydrogen) atoms. The first-order chi connectivity index (χ1) is 10.1. The summed E-state index contributed by atoms with van der Waals surface area (Å²) in [5.74, 6) is -0.571. The van der Waals surface area contributed by atoms with Crippen molar-refractivity contribution in [3.8, 4) is 0 Å². The molecule has 0 spiro atoms. The number of anilines is 1. The third kappa shape index (κ3) is 4.49. The Kier molecular flexibility index (Phi) is 5.21. The van der Waals surface area contributed by atoms with Crippen molar-refractivity contribution in [3.63, 3.8) is 0 Å². The molecule has 0 aliphatic carbocycles. The summed E-state index contributed by atoms with van der Waals surface area (Å²) in [7, 11) is 0. The maximum Gasteiger partial charge on any atom is 0.261 e. The monoisotopic (exact) mass is 298 g/mol. The molecule has 7 heteroatoms. The number of para-hydroxylation sites is 1. The number of ether oxygens (including phenoxy) is 1. The van der Waals surface area contributed by atoms with Gasteiger partial charge in [0, 0.05) is 12.2 Å². The highest BCUT2D eigenvalue weighted by Gasteiger charge is 2.22. The van der Waals surface area contributed by atoms with Crippen LogP contribution in [0.5, 0.6) is 0 Å². The minimum absolute atomic E-state index is 0.0256. The summed E-state index contributed by atoms with van der Waals surface area (Å²) in [5.41, 5.74) is 1.52. The van der Waals surface area contributed by atoms with Crippen molar-refractivity contribution in [3.05, 3.63) is 29.8 Å². The van der Waals surface area contributed by atoms with Gasteiger partial charge in [0.05, 0.1) is 13.0 Å². The zero-order valence-electron chi connectivity index (χ0n) is 11.4. The van der Waals surface area contributed by atoms with E-state index in [4.69, 9.17) is 0 Å². The molecule has 0 atom stereocenters. The van der Waals surface area contributed by atoms with Gasteiger partial charge in [-0.3, -0.25) is 9.59 Å². The van der Waals surface area contributed by atoms with E-state index in [1.165, 1.54) is 4.90 Å². The number of carbonyl (C=O) groups excluding carboxylic acids is 2. The highest BCUT2D eigenvalue weighted by atomic mass is 19.3.